The molecule has 0 rings (SSSR count). The van der Waals surface area contributed by atoms with Crippen molar-refractivity contribution in [1.29, 1.82) is 0 Å². The Balaban J connectivity index is 3.58. The van der Waals surface area contributed by atoms with Crippen LogP contribution in [0.4, 0.5) is 8.78 Å². The molecule has 0 saturated carbocycles. The van der Waals surface area contributed by atoms with Crippen molar-refractivity contribution in [1.82, 2.24) is 0 Å². The van der Waals surface area contributed by atoms with E-state index in [4.69, 9.17) is 5.11 Å². The summed E-state index contributed by atoms with van der Waals surface area (Å²) in [7, 11) is 0. The molecular formula is C7H10F2O3. The number of ketones is 1. The molecule has 0 radical (unpaired) electrons. The molecule has 0 aliphatic heterocycles. The third-order valence-electron chi connectivity index (χ3n) is 0.985. The number of hydrogen-bond donors (Lipinski definition) is 1. The largest absolute Gasteiger partial charge is 0.376 e. The van der Waals surface area contributed by atoms with Crippen molar-refractivity contribution >= 4 is 5.78 Å². The maximum atomic E-state index is 11.7. The van der Waals surface area contributed by atoms with Gasteiger partial charge in [-0.05, 0) is 12.5 Å². The van der Waals surface area contributed by atoms with Gasteiger partial charge in [0.25, 0.3) is 0 Å². The van der Waals surface area contributed by atoms with Crippen LogP contribution in [0.15, 0.2) is 12.2 Å². The molecule has 0 unspecified atom stereocenters. The smallest absolute Gasteiger partial charge is 0.364 e. The molecule has 0 aliphatic carbocycles. The van der Waals surface area contributed by atoms with Crippen molar-refractivity contribution in [3.8, 4) is 0 Å². The highest BCUT2D eigenvalue weighted by Gasteiger charge is 2.24. The highest BCUT2D eigenvalue weighted by molar-refractivity contribution is 5.95. The number of rotatable bonds is 5. The molecule has 0 amide bonds. The zero-order valence-corrected chi connectivity index (χ0v) is 6.64. The predicted octanol–water partition coefficient (Wildman–Crippen LogP) is 0.733. The van der Waals surface area contributed by atoms with Crippen molar-refractivity contribution < 1.29 is 23.4 Å². The number of carbonyl (C=O) groups is 1. The molecule has 0 saturated heterocycles. The average Bonchev–Trinajstić information content (AvgIpc) is 1.84. The minimum atomic E-state index is -3.88. The fraction of sp³-hybridized carbons (Fsp3) is 0.571. The lowest BCUT2D eigenvalue weighted by Crippen LogP contribution is -2.24. The lowest BCUT2D eigenvalue weighted by atomic mass is 10.2. The first-order chi connectivity index (χ1) is 5.33. The van der Waals surface area contributed by atoms with Gasteiger partial charge in [0.2, 0.25) is 0 Å². The molecule has 0 aromatic carbocycles. The topological polar surface area (TPSA) is 46.5 Å². The second-order valence-electron chi connectivity index (χ2n) is 2.36. The first-order valence-corrected chi connectivity index (χ1v) is 3.19. The van der Waals surface area contributed by atoms with Crippen LogP contribution in [0.2, 0.25) is 0 Å². The van der Waals surface area contributed by atoms with E-state index < -0.39 is 25.1 Å². The van der Waals surface area contributed by atoms with Gasteiger partial charge in [0, 0.05) is 0 Å². The maximum Gasteiger partial charge on any atom is 0.376 e. The number of hydrogen-bond acceptors (Lipinski definition) is 3. The molecule has 70 valence electrons. The van der Waals surface area contributed by atoms with Crippen molar-refractivity contribution in [3.05, 3.63) is 12.2 Å². The molecule has 0 aromatic rings. The van der Waals surface area contributed by atoms with Crippen molar-refractivity contribution in [2.45, 2.75) is 13.0 Å². The SMILES string of the molecule is C=C(C)C(=O)COCC(O)(F)F. The van der Waals surface area contributed by atoms with Gasteiger partial charge in [0.15, 0.2) is 5.78 Å². The maximum absolute atomic E-state index is 11.7. The summed E-state index contributed by atoms with van der Waals surface area (Å²) in [4.78, 5) is 10.7. The lowest BCUT2D eigenvalue weighted by molar-refractivity contribution is -0.230. The van der Waals surface area contributed by atoms with Crippen molar-refractivity contribution in [2.24, 2.45) is 0 Å². The zero-order valence-electron chi connectivity index (χ0n) is 6.64. The second kappa shape index (κ2) is 4.27. The summed E-state index contributed by atoms with van der Waals surface area (Å²) in [5.41, 5.74) is 0.233. The Morgan fingerprint density at radius 2 is 2.17 bits per heavy atom. The molecular weight excluding hydrogens is 170 g/mol. The van der Waals surface area contributed by atoms with Gasteiger partial charge in [-0.15, -0.1) is 0 Å². The number of aliphatic hydroxyl groups is 1. The molecule has 3 nitrogen and oxygen atoms in total. The van der Waals surface area contributed by atoms with Crippen LogP contribution in [-0.2, 0) is 9.53 Å². The van der Waals surface area contributed by atoms with E-state index in [-0.39, 0.29) is 5.57 Å². The molecule has 12 heavy (non-hydrogen) atoms. The van der Waals surface area contributed by atoms with Gasteiger partial charge >= 0.3 is 6.11 Å². The lowest BCUT2D eigenvalue weighted by Gasteiger charge is -2.08. The number of ether oxygens (including phenoxy) is 1. The molecule has 0 bridgehead atoms. The number of carbonyl (C=O) groups excluding carboxylic acids is 1. The number of Topliss-reactive ketones (excluding diaryl/α,β-unsaturated/α-hetero) is 1. The standard InChI is InChI=1S/C7H10F2O3/c1-5(2)6(10)3-12-4-7(8,9)11/h11H,1,3-4H2,2H3. The van der Waals surface area contributed by atoms with Crippen LogP contribution in [-0.4, -0.2) is 30.2 Å². The van der Waals surface area contributed by atoms with Gasteiger partial charge in [-0.25, -0.2) is 0 Å². The van der Waals surface area contributed by atoms with Gasteiger partial charge in [-0.1, -0.05) is 6.58 Å². The Hall–Kier alpha value is -0.810. The molecule has 0 atom stereocenters. The summed E-state index contributed by atoms with van der Waals surface area (Å²) in [5, 5.41) is 7.88. The van der Waals surface area contributed by atoms with E-state index >= 15 is 0 Å². The van der Waals surface area contributed by atoms with Crippen molar-refractivity contribution in [2.75, 3.05) is 13.2 Å². The van der Waals surface area contributed by atoms with E-state index in [9.17, 15) is 13.6 Å². The summed E-state index contributed by atoms with van der Waals surface area (Å²) in [5.74, 6) is -0.459. The quantitative estimate of drug-likeness (QED) is 0.634. The highest BCUT2D eigenvalue weighted by atomic mass is 19.3. The molecule has 0 heterocycles. The number of halogens is 2. The summed E-state index contributed by atoms with van der Waals surface area (Å²) in [6, 6.07) is 0. The van der Waals surface area contributed by atoms with E-state index in [0.717, 1.165) is 0 Å². The van der Waals surface area contributed by atoms with E-state index in [1.165, 1.54) is 6.92 Å². The van der Waals surface area contributed by atoms with Crippen LogP contribution in [0, 0.1) is 0 Å². The Morgan fingerprint density at radius 1 is 1.67 bits per heavy atom. The Kier molecular flexibility index (Phi) is 3.99. The third-order valence-corrected chi connectivity index (χ3v) is 0.985. The van der Waals surface area contributed by atoms with Crippen LogP contribution in [0.3, 0.4) is 0 Å². The van der Waals surface area contributed by atoms with Crippen LogP contribution in [0.25, 0.3) is 0 Å². The normalized spacial score (nSPS) is 11.3. The molecule has 5 heteroatoms. The first-order valence-electron chi connectivity index (χ1n) is 3.19. The second-order valence-corrected chi connectivity index (χ2v) is 2.36. The van der Waals surface area contributed by atoms with Gasteiger partial charge < -0.3 is 9.84 Å². The van der Waals surface area contributed by atoms with Crippen LogP contribution in [0.5, 0.6) is 0 Å². The fourth-order valence-electron chi connectivity index (χ4n) is 0.390. The average molecular weight is 180 g/mol. The van der Waals surface area contributed by atoms with Gasteiger partial charge in [0.05, 0.1) is 0 Å². The summed E-state index contributed by atoms with van der Waals surface area (Å²) < 4.78 is 27.6. The Morgan fingerprint density at radius 3 is 2.50 bits per heavy atom. The summed E-state index contributed by atoms with van der Waals surface area (Å²) >= 11 is 0. The number of alkyl halides is 2. The predicted molar refractivity (Wildman–Crippen MR) is 37.8 cm³/mol. The first kappa shape index (κ1) is 11.2. The molecule has 0 aliphatic rings. The fourth-order valence-corrected chi connectivity index (χ4v) is 0.390. The van der Waals surface area contributed by atoms with Crippen LogP contribution >= 0.6 is 0 Å². The summed E-state index contributed by atoms with van der Waals surface area (Å²) in [6.45, 7) is 3.08. The molecule has 0 fully saturated rings. The minimum Gasteiger partial charge on any atom is -0.364 e. The molecule has 1 N–H and O–H groups in total. The van der Waals surface area contributed by atoms with Crippen LogP contribution in [0.1, 0.15) is 6.92 Å². The Bertz CT molecular complexity index is 184. The van der Waals surface area contributed by atoms with Gasteiger partial charge in [-0.2, -0.15) is 8.78 Å². The van der Waals surface area contributed by atoms with Crippen molar-refractivity contribution in [3.63, 3.8) is 0 Å². The molecule has 0 spiro atoms. The summed E-state index contributed by atoms with van der Waals surface area (Å²) in [6.07, 6.45) is -3.88. The van der Waals surface area contributed by atoms with Gasteiger partial charge in [0.1, 0.15) is 13.2 Å². The highest BCUT2D eigenvalue weighted by Crippen LogP contribution is 2.07. The van der Waals surface area contributed by atoms with Crippen LogP contribution < -0.4 is 0 Å². The van der Waals surface area contributed by atoms with E-state index in [0.29, 0.717) is 0 Å². The van der Waals surface area contributed by atoms with E-state index in [2.05, 4.69) is 11.3 Å². The zero-order chi connectivity index (χ0) is 9.78. The van der Waals surface area contributed by atoms with E-state index in [1.54, 1.807) is 0 Å². The monoisotopic (exact) mass is 180 g/mol. The third kappa shape index (κ3) is 5.94. The minimum absolute atomic E-state index is 0.233. The van der Waals surface area contributed by atoms with Gasteiger partial charge in [-0.3, -0.25) is 4.79 Å². The molecule has 0 aromatic heterocycles. The Labute approximate surface area is 68.6 Å². The van der Waals surface area contributed by atoms with E-state index in [1.807, 2.05) is 0 Å².